The summed E-state index contributed by atoms with van der Waals surface area (Å²) in [6.07, 6.45) is 2.98. The van der Waals surface area contributed by atoms with Crippen LogP contribution in [0.4, 0.5) is 0 Å². The molecule has 136 heavy (non-hydrogen) atoms. The van der Waals surface area contributed by atoms with E-state index in [1.165, 1.54) is 88.0 Å². The fraction of sp³-hybridized carbons (Fsp3) is 0.522. The average Bonchev–Trinajstić information content (AvgIpc) is 1.38. The number of fused-ring (bicyclic) bond motifs is 4. The summed E-state index contributed by atoms with van der Waals surface area (Å²) in [6, 6.07) is -2.08. The van der Waals surface area contributed by atoms with Gasteiger partial charge in [0.15, 0.2) is 5.96 Å². The van der Waals surface area contributed by atoms with Gasteiger partial charge < -0.3 is 125 Å². The van der Waals surface area contributed by atoms with Crippen LogP contribution in [0.15, 0.2) is 96.9 Å². The van der Waals surface area contributed by atoms with E-state index < -0.39 is 241 Å². The number of rotatable bonds is 26. The van der Waals surface area contributed by atoms with Crippen LogP contribution in [0.25, 0.3) is 21.0 Å². The van der Waals surface area contributed by atoms with Crippen molar-refractivity contribution < 1.29 is 96.8 Å². The van der Waals surface area contributed by atoms with Gasteiger partial charge in [0.1, 0.15) is 90.3 Å². The Bertz CT molecular complexity index is 5250. The molecule has 738 valence electrons. The van der Waals surface area contributed by atoms with Crippen molar-refractivity contribution in [3.63, 3.8) is 0 Å². The predicted molar refractivity (Wildman–Crippen MR) is 507 cm³/mol. The number of hydrogen-bond acceptors (Lipinski definition) is 25. The number of carbonyl (C=O) groups is 17. The lowest BCUT2D eigenvalue weighted by Gasteiger charge is -2.36. The van der Waals surface area contributed by atoms with Gasteiger partial charge in [0.2, 0.25) is 100 Å². The molecule has 9 rings (SSSR count). The van der Waals surface area contributed by atoms with E-state index >= 15 is 38.4 Å². The molecule has 43 nitrogen and oxygen atoms in total. The molecule has 3 fully saturated rings. The van der Waals surface area contributed by atoms with Crippen LogP contribution in [-0.2, 0) is 107 Å². The van der Waals surface area contributed by atoms with E-state index in [1.807, 2.05) is 25.1 Å². The highest BCUT2D eigenvalue weighted by Crippen LogP contribution is 2.30. The van der Waals surface area contributed by atoms with Crippen molar-refractivity contribution in [3.8, 4) is 5.75 Å². The maximum absolute atomic E-state index is 15.8. The number of aromatic amines is 2. The van der Waals surface area contributed by atoms with Crippen LogP contribution in [-0.4, -0.2) is 329 Å². The predicted octanol–water partition coefficient (Wildman–Crippen LogP) is -2.63. The fourth-order valence-electron chi connectivity index (χ4n) is 16.5. The summed E-state index contributed by atoms with van der Waals surface area (Å²) in [4.78, 5) is 266. The Labute approximate surface area is 798 Å². The molecule has 0 spiro atoms. The van der Waals surface area contributed by atoms with E-state index in [-0.39, 0.29) is 101 Å². The quantitative estimate of drug-likeness (QED) is 0.0150. The van der Waals surface area contributed by atoms with Crippen LogP contribution in [0.3, 0.4) is 0 Å². The molecule has 0 bridgehead atoms. The maximum atomic E-state index is 15.8. The number of hydrogen-bond donors (Lipinski definition) is 20. The molecule has 3 aromatic heterocycles. The lowest BCUT2D eigenvalue weighted by Crippen LogP contribution is -2.62. The number of nitrogens with two attached hydrogens (primary N) is 3. The molecular weight excluding hydrogens is 1820 g/mol. The number of unbranched alkanes of at least 4 members (excludes halogenated alkanes) is 1. The number of nitrogens with zero attached hydrogens (tertiary/aromatic N) is 6. The monoisotopic (exact) mass is 1940 g/mol. The highest BCUT2D eigenvalue weighted by Gasteiger charge is 2.47. The summed E-state index contributed by atoms with van der Waals surface area (Å²) in [6.45, 7) is 4.17. The van der Waals surface area contributed by atoms with Gasteiger partial charge in [0, 0.05) is 112 Å². The molecule has 3 aromatic carbocycles. The van der Waals surface area contributed by atoms with Crippen molar-refractivity contribution in [3.05, 3.63) is 119 Å². The first-order chi connectivity index (χ1) is 64.8. The second-order valence-electron chi connectivity index (χ2n) is 34.5. The van der Waals surface area contributed by atoms with Gasteiger partial charge in [0.05, 0.1) is 37.8 Å². The van der Waals surface area contributed by atoms with E-state index in [0.717, 1.165) is 41.0 Å². The summed E-state index contributed by atoms with van der Waals surface area (Å²) in [5.74, 6) is -17.8. The van der Waals surface area contributed by atoms with Crippen LogP contribution in [0, 0.1) is 11.3 Å². The normalized spacial score (nSPS) is 24.7. The number of nitrogens with one attached hydrogen (secondary N) is 14. The third-order valence-electron chi connectivity index (χ3n) is 24.0. The lowest BCUT2D eigenvalue weighted by molar-refractivity contribution is -0.149. The molecule has 6 heterocycles. The van der Waals surface area contributed by atoms with E-state index in [4.69, 9.17) is 22.6 Å². The summed E-state index contributed by atoms with van der Waals surface area (Å²) in [7, 11) is 3.90. The minimum absolute atomic E-state index is 0.0154. The van der Waals surface area contributed by atoms with Crippen LogP contribution >= 0.6 is 34.9 Å². The Morgan fingerprint density at radius 1 is 0.603 bits per heavy atom. The number of phenolic OH excluding ortho intramolecular Hbond substituents is 1. The molecule has 46 heteroatoms. The number of primary amides is 2. The average molecular weight is 1950 g/mol. The summed E-state index contributed by atoms with van der Waals surface area (Å²) in [5.41, 5.74) is 19.2. The Kier molecular flexibility index (Phi) is 40.1. The SMILES string of the molecule is CCCC[C@H]1C(=O)N[C@@H](CCCNC(=N)N)C(=O)NC(C(=O)NCC(N)=O)CSCC(=O)N[C@@H](Cc2ccc(O)cc2)C(=O)N(C)[C@@H](C)C(=O)N[C@@H](CC(N)=O)C(=O)N2CCC[C@H]2C(=O)N[C@@H](Cc2cnc[nH]2)C(=O)N[C@@H](CC(C)C)C(=O)N2C[C@H](O)C[C@H]2C(=O)N[C@@H](Cc2c[nH]c3ccccc23)C(=O)N[C@@H](CO)C(=O)N[C@@H](Cc2csc3ccccc23)C(=O)N(C)[C@@H](CCSC)C(=O)N1C. The first kappa shape index (κ1) is 107. The smallest absolute Gasteiger partial charge is 0.246 e. The zero-order chi connectivity index (χ0) is 99.3. The Morgan fingerprint density at radius 3 is 1.87 bits per heavy atom. The number of aromatic nitrogens is 3. The molecule has 23 N–H and O–H groups in total. The number of phenols is 1. The molecular formula is C90H125N23O20S3. The van der Waals surface area contributed by atoms with Crippen molar-refractivity contribution >= 4 is 162 Å². The van der Waals surface area contributed by atoms with Crippen LogP contribution in [0.1, 0.15) is 121 Å². The van der Waals surface area contributed by atoms with Crippen LogP contribution in [0.5, 0.6) is 5.75 Å². The van der Waals surface area contributed by atoms with Crippen molar-refractivity contribution in [2.45, 2.75) is 215 Å². The zero-order valence-electron chi connectivity index (χ0n) is 77.2. The minimum atomic E-state index is -1.89. The number of aliphatic hydroxyl groups is 2. The van der Waals surface area contributed by atoms with Crippen molar-refractivity contribution in [2.75, 3.05) is 77.4 Å². The number of thiophene rings is 1. The molecule has 17 amide bonds. The number of aliphatic hydroxyl groups excluding tert-OH is 2. The standard InChI is InChI=1S/C90H125N23O20S3/c1-9-10-21-68-82(126)101-59(20-15-29-96-90(93)94)78(122)108-67(77(121)98-41-74(92)118)45-135-46-75(119)100-63(33-50-24-26-54(115)27-25-50)85(129)109(5)49(4)76(120)104-65(38-73(91)117)87(131)112-30-16-22-69(112)83(127)103-61(36-53-40-95-47-99-53)80(124)105-62(32-48(2)3)88(132)113-42-55(116)37-71(113)84(128)102-60(34-51-39-97-58-19-13-11-17-56(51)58)79(123)107-66(43-114)81(125)106-64(35-52-44-136-72-23-14-12-18-57(52)72)86(130)111(7)70(28-31-134-8)89(133)110(68)6/h11-14,17-19,23-27,39-40,44,47-49,55,59-71,97,114-116H,9-10,15-16,20-22,28-38,41-43,45-46H2,1-8H3,(H2,91,117)(H2,92,118)(H,95,99)(H,98,121)(H,100,119)(H,101,126)(H,102,128)(H,103,127)(H,104,120)(H,105,124)(H,106,125)(H,107,123)(H,108,122)(H4,93,94,96)/t49-,55+,59-,60-,61-,62-,63-,64-,65-,66-,67?,68-,69-,70-,71-/m0/s1. The molecule has 3 aliphatic rings. The van der Waals surface area contributed by atoms with Gasteiger partial charge in [-0.05, 0) is 122 Å². The number of imidazole rings is 1. The van der Waals surface area contributed by atoms with E-state index in [9.17, 15) is 58.5 Å². The summed E-state index contributed by atoms with van der Waals surface area (Å²) < 4.78 is 0.808. The summed E-state index contributed by atoms with van der Waals surface area (Å²) in [5, 5.41) is 73.0. The van der Waals surface area contributed by atoms with Gasteiger partial charge in [-0.15, -0.1) is 23.1 Å². The molecule has 1 unspecified atom stereocenters. The van der Waals surface area contributed by atoms with Crippen LogP contribution < -0.4 is 75.7 Å². The van der Waals surface area contributed by atoms with Crippen molar-refractivity contribution in [1.29, 1.82) is 5.41 Å². The van der Waals surface area contributed by atoms with E-state index in [0.29, 0.717) is 51.5 Å². The highest BCUT2D eigenvalue weighted by molar-refractivity contribution is 8.00. The summed E-state index contributed by atoms with van der Waals surface area (Å²) >= 11 is 3.43. The minimum Gasteiger partial charge on any atom is -0.508 e. The number of amides is 17. The van der Waals surface area contributed by atoms with Gasteiger partial charge in [0.25, 0.3) is 0 Å². The number of guanidine groups is 1. The van der Waals surface area contributed by atoms with E-state index in [1.54, 1.807) is 62.0 Å². The molecule has 0 saturated carbocycles. The Balaban J connectivity index is 1.10. The van der Waals surface area contributed by atoms with Gasteiger partial charge in [-0.1, -0.05) is 82.1 Å². The maximum Gasteiger partial charge on any atom is 0.246 e. The van der Waals surface area contributed by atoms with Crippen molar-refractivity contribution in [1.82, 2.24) is 97.9 Å². The van der Waals surface area contributed by atoms with Gasteiger partial charge in [-0.2, -0.15) is 11.8 Å². The second-order valence-corrected chi connectivity index (χ2v) is 37.4. The lowest BCUT2D eigenvalue weighted by atomic mass is 10.0. The van der Waals surface area contributed by atoms with Gasteiger partial charge >= 0.3 is 0 Å². The largest absolute Gasteiger partial charge is 0.508 e. The molecule has 3 aliphatic heterocycles. The number of aromatic hydroxyl groups is 1. The topological polar surface area (TPSA) is 646 Å². The van der Waals surface area contributed by atoms with E-state index in [2.05, 4.69) is 73.4 Å². The number of carbonyl (C=O) groups excluding carboxylic acids is 17. The molecule has 0 radical (unpaired) electrons. The molecule has 6 aromatic rings. The molecule has 3 saturated heterocycles. The van der Waals surface area contributed by atoms with Crippen LogP contribution in [0.2, 0.25) is 0 Å². The van der Waals surface area contributed by atoms with Gasteiger partial charge in [-0.25, -0.2) is 4.98 Å². The Hall–Kier alpha value is -13.0. The number of H-pyrrole nitrogens is 2. The number of para-hydroxylation sites is 1. The number of likely N-dealkylation sites (N-methyl/N-ethyl adjacent to an activating group) is 3. The third-order valence-corrected chi connectivity index (χ3v) is 26.7. The Morgan fingerprint density at radius 2 is 1.21 bits per heavy atom. The second kappa shape index (κ2) is 51.1. The van der Waals surface area contributed by atoms with Crippen molar-refractivity contribution in [2.24, 2.45) is 23.1 Å². The highest BCUT2D eigenvalue weighted by atomic mass is 32.2. The first-order valence-electron chi connectivity index (χ1n) is 45.0. The number of benzene rings is 3. The van der Waals surface area contributed by atoms with Gasteiger partial charge in [-0.3, -0.25) is 86.9 Å². The fourth-order valence-corrected chi connectivity index (χ4v) is 18.8. The third kappa shape index (κ3) is 29.8. The molecule has 15 atom stereocenters. The zero-order valence-corrected chi connectivity index (χ0v) is 79.6. The first-order valence-corrected chi connectivity index (χ1v) is 48.4. The number of thioether (sulfide) groups is 2. The molecule has 0 aliphatic carbocycles.